The van der Waals surface area contributed by atoms with Crippen LogP contribution in [0.25, 0.3) is 0 Å². The second-order valence-corrected chi connectivity index (χ2v) is 8.10. The minimum absolute atomic E-state index is 0.170. The molecule has 6 nitrogen and oxygen atoms in total. The van der Waals surface area contributed by atoms with Gasteiger partial charge in [-0.3, -0.25) is 0 Å². The number of benzene rings is 2. The van der Waals surface area contributed by atoms with E-state index in [-0.39, 0.29) is 12.4 Å². The maximum Gasteiger partial charge on any atom is 0.202 e. The van der Waals surface area contributed by atoms with Crippen LogP contribution in [0.3, 0.4) is 0 Å². The van der Waals surface area contributed by atoms with Crippen molar-refractivity contribution in [3.8, 4) is 5.75 Å². The third-order valence-corrected chi connectivity index (χ3v) is 6.16. The number of quaternary nitrogens is 1. The Balaban J connectivity index is 1.37. The topological polar surface area (TPSA) is 39.7 Å². The van der Waals surface area contributed by atoms with Crippen molar-refractivity contribution in [2.75, 3.05) is 31.1 Å². The van der Waals surface area contributed by atoms with Gasteiger partial charge in [0.05, 0.1) is 36.9 Å². The lowest BCUT2D eigenvalue weighted by Gasteiger charge is -2.33. The zero-order valence-corrected chi connectivity index (χ0v) is 18.3. The van der Waals surface area contributed by atoms with Gasteiger partial charge in [0.25, 0.3) is 0 Å². The van der Waals surface area contributed by atoms with Gasteiger partial charge in [-0.25, -0.2) is 4.39 Å². The summed E-state index contributed by atoms with van der Waals surface area (Å²) in [6.45, 7) is 4.31. The lowest BCUT2D eigenvalue weighted by Crippen LogP contribution is -3.14. The molecule has 1 saturated heterocycles. The van der Waals surface area contributed by atoms with Crippen molar-refractivity contribution in [1.29, 1.82) is 0 Å². The molecule has 9 heteroatoms. The highest BCUT2D eigenvalue weighted by Crippen LogP contribution is 2.24. The fourth-order valence-corrected chi connectivity index (χ4v) is 4.01. The van der Waals surface area contributed by atoms with Crippen molar-refractivity contribution >= 4 is 29.5 Å². The Bertz CT molecular complexity index is 1080. The number of rotatable bonds is 6. The SMILES string of the molecule is Cn1c(COc2ccccc2Cl)nn(C[NH+]2CCN(c3ccccc3F)CC2)c1=S. The smallest absolute Gasteiger partial charge is 0.202 e. The zero-order valence-electron chi connectivity index (χ0n) is 16.7. The van der Waals surface area contributed by atoms with Crippen LogP contribution in [0.5, 0.6) is 5.75 Å². The molecule has 3 aromatic rings. The van der Waals surface area contributed by atoms with Crippen LogP contribution in [0.2, 0.25) is 5.02 Å². The fourth-order valence-electron chi connectivity index (χ4n) is 3.61. The van der Waals surface area contributed by atoms with Crippen molar-refractivity contribution in [2.45, 2.75) is 13.3 Å². The van der Waals surface area contributed by atoms with Crippen LogP contribution >= 0.6 is 23.8 Å². The van der Waals surface area contributed by atoms with Crippen LogP contribution in [0.15, 0.2) is 48.5 Å². The molecule has 1 N–H and O–H groups in total. The van der Waals surface area contributed by atoms with Crippen LogP contribution in [0, 0.1) is 10.6 Å². The third kappa shape index (κ3) is 4.50. The van der Waals surface area contributed by atoms with Gasteiger partial charge in [0, 0.05) is 7.05 Å². The number of hydrogen-bond donors (Lipinski definition) is 1. The summed E-state index contributed by atoms with van der Waals surface area (Å²) >= 11 is 11.7. The van der Waals surface area contributed by atoms with E-state index in [1.54, 1.807) is 12.1 Å². The van der Waals surface area contributed by atoms with Crippen molar-refractivity contribution in [1.82, 2.24) is 14.3 Å². The Hall–Kier alpha value is -2.42. The van der Waals surface area contributed by atoms with E-state index in [4.69, 9.17) is 28.6 Å². The predicted molar refractivity (Wildman–Crippen MR) is 117 cm³/mol. The standard InChI is InChI=1S/C21H23ClFN5OS/c1-25-20(14-29-19-9-5-2-6-16(19)22)24-28(21(25)30)15-26-10-12-27(13-11-26)18-8-4-3-7-17(18)23/h2-9H,10-15H2,1H3/p+1. The molecule has 0 saturated carbocycles. The molecule has 1 aromatic heterocycles. The molecule has 158 valence electrons. The van der Waals surface area contributed by atoms with E-state index in [9.17, 15) is 4.39 Å². The molecule has 4 rings (SSSR count). The van der Waals surface area contributed by atoms with Crippen LogP contribution < -0.4 is 14.5 Å². The summed E-state index contributed by atoms with van der Waals surface area (Å²) in [6.07, 6.45) is 0. The minimum atomic E-state index is -0.170. The van der Waals surface area contributed by atoms with Crippen molar-refractivity contribution in [3.05, 3.63) is 70.0 Å². The second-order valence-electron chi connectivity index (χ2n) is 7.32. The highest BCUT2D eigenvalue weighted by atomic mass is 35.5. The van der Waals surface area contributed by atoms with Gasteiger partial charge in [-0.1, -0.05) is 35.9 Å². The number of hydrogen-bond acceptors (Lipinski definition) is 4. The van der Waals surface area contributed by atoms with E-state index in [2.05, 4.69) is 10.00 Å². The second kappa shape index (κ2) is 9.16. The molecule has 30 heavy (non-hydrogen) atoms. The molecule has 0 bridgehead atoms. The van der Waals surface area contributed by atoms with E-state index in [0.717, 1.165) is 32.0 Å². The average molecular weight is 449 g/mol. The van der Waals surface area contributed by atoms with Gasteiger partial charge < -0.3 is 19.1 Å². The zero-order chi connectivity index (χ0) is 21.1. The third-order valence-electron chi connectivity index (χ3n) is 5.36. The first-order valence-corrected chi connectivity index (χ1v) is 10.6. The maximum atomic E-state index is 14.0. The van der Waals surface area contributed by atoms with E-state index < -0.39 is 0 Å². The van der Waals surface area contributed by atoms with E-state index in [1.165, 1.54) is 11.0 Å². The van der Waals surface area contributed by atoms with Crippen molar-refractivity contribution < 1.29 is 14.0 Å². The van der Waals surface area contributed by atoms with E-state index >= 15 is 0 Å². The van der Waals surface area contributed by atoms with E-state index in [1.807, 2.05) is 46.6 Å². The number of ether oxygens (including phenoxy) is 1. The molecule has 1 aliphatic heterocycles. The molecule has 2 heterocycles. The Morgan fingerprint density at radius 2 is 1.83 bits per heavy atom. The Morgan fingerprint density at radius 1 is 1.13 bits per heavy atom. The van der Waals surface area contributed by atoms with Gasteiger partial charge in [0.1, 0.15) is 18.2 Å². The lowest BCUT2D eigenvalue weighted by molar-refractivity contribution is -0.924. The Labute approximate surface area is 185 Å². The van der Waals surface area contributed by atoms with Gasteiger partial charge in [-0.05, 0) is 36.5 Å². The summed E-state index contributed by atoms with van der Waals surface area (Å²) in [5.41, 5.74) is 0.671. The Morgan fingerprint density at radius 3 is 2.57 bits per heavy atom. The lowest BCUT2D eigenvalue weighted by atomic mass is 10.2. The molecule has 0 radical (unpaired) electrons. The summed E-state index contributed by atoms with van der Waals surface area (Å²) in [4.78, 5) is 3.45. The first kappa shape index (κ1) is 20.8. The summed E-state index contributed by atoms with van der Waals surface area (Å²) in [5.74, 6) is 1.19. The minimum Gasteiger partial charge on any atom is -0.484 e. The molecule has 0 amide bonds. The Kier molecular flexibility index (Phi) is 6.36. The number of nitrogens with zero attached hydrogens (tertiary/aromatic N) is 4. The summed E-state index contributed by atoms with van der Waals surface area (Å²) < 4.78 is 24.2. The number of piperazine rings is 1. The van der Waals surface area contributed by atoms with Crippen LogP contribution in [0.1, 0.15) is 5.82 Å². The van der Waals surface area contributed by atoms with Gasteiger partial charge in [0.2, 0.25) is 4.77 Å². The highest BCUT2D eigenvalue weighted by molar-refractivity contribution is 7.71. The first-order chi connectivity index (χ1) is 14.5. The summed E-state index contributed by atoms with van der Waals surface area (Å²) in [6, 6.07) is 14.3. The fraction of sp³-hybridized carbons (Fsp3) is 0.333. The van der Waals surface area contributed by atoms with Gasteiger partial charge in [0.15, 0.2) is 12.5 Å². The first-order valence-electron chi connectivity index (χ1n) is 9.86. The van der Waals surface area contributed by atoms with Crippen molar-refractivity contribution in [2.24, 2.45) is 7.05 Å². The molecule has 1 fully saturated rings. The molecule has 0 unspecified atom stereocenters. The summed E-state index contributed by atoms with van der Waals surface area (Å²) in [7, 11) is 1.89. The number of halogens is 2. The number of nitrogens with one attached hydrogen (secondary N) is 1. The van der Waals surface area contributed by atoms with Gasteiger partial charge in [-0.2, -0.15) is 4.68 Å². The monoisotopic (exact) mass is 448 g/mol. The summed E-state index contributed by atoms with van der Waals surface area (Å²) in [5, 5.41) is 5.22. The number of aromatic nitrogens is 3. The van der Waals surface area contributed by atoms with Crippen LogP contribution in [0.4, 0.5) is 10.1 Å². The average Bonchev–Trinajstić information content (AvgIpc) is 3.02. The maximum absolute atomic E-state index is 14.0. The highest BCUT2D eigenvalue weighted by Gasteiger charge is 2.23. The molecule has 2 aromatic carbocycles. The number of para-hydroxylation sites is 2. The van der Waals surface area contributed by atoms with Crippen LogP contribution in [-0.2, 0) is 20.3 Å². The van der Waals surface area contributed by atoms with E-state index in [0.29, 0.717) is 27.9 Å². The van der Waals surface area contributed by atoms with Crippen LogP contribution in [-0.4, -0.2) is 40.5 Å². The number of anilines is 1. The van der Waals surface area contributed by atoms with Gasteiger partial charge >= 0.3 is 0 Å². The molecular weight excluding hydrogens is 425 g/mol. The van der Waals surface area contributed by atoms with Gasteiger partial charge in [-0.15, -0.1) is 5.10 Å². The van der Waals surface area contributed by atoms with Crippen molar-refractivity contribution in [3.63, 3.8) is 0 Å². The normalized spacial score (nSPS) is 14.8. The molecule has 0 atom stereocenters. The molecule has 0 spiro atoms. The molecule has 0 aliphatic carbocycles. The predicted octanol–water partition coefficient (Wildman–Crippen LogP) is 2.69. The molecular formula is C21H24ClFN5OS+. The quantitative estimate of drug-likeness (QED) is 0.588. The molecule has 1 aliphatic rings. The largest absolute Gasteiger partial charge is 0.484 e.